The minimum Gasteiger partial charge on any atom is -0.495 e. The van der Waals surface area contributed by atoms with Gasteiger partial charge in [-0.3, -0.25) is 15.0 Å². The number of methoxy groups -OCH3 is 1. The summed E-state index contributed by atoms with van der Waals surface area (Å²) in [4.78, 5) is 28.8. The Hall–Kier alpha value is -2.28. The summed E-state index contributed by atoms with van der Waals surface area (Å²) < 4.78 is 5.45. The van der Waals surface area contributed by atoms with E-state index in [1.54, 1.807) is 7.11 Å². The van der Waals surface area contributed by atoms with Crippen molar-refractivity contribution in [2.75, 3.05) is 38.2 Å². The molecular formula is C20H30N4O3. The van der Waals surface area contributed by atoms with Crippen molar-refractivity contribution >= 4 is 17.6 Å². The molecule has 2 fully saturated rings. The number of amides is 3. The number of hydrogen-bond donors (Lipinski definition) is 2. The fraction of sp³-hybridized carbons (Fsp3) is 0.600. The van der Waals surface area contributed by atoms with Gasteiger partial charge in [0.2, 0.25) is 5.91 Å². The van der Waals surface area contributed by atoms with Gasteiger partial charge in [0.1, 0.15) is 5.75 Å². The van der Waals surface area contributed by atoms with Crippen molar-refractivity contribution in [1.82, 2.24) is 15.5 Å². The van der Waals surface area contributed by atoms with Crippen LogP contribution in [-0.2, 0) is 4.79 Å². The number of carbonyl (C=O) groups excluding carboxylic acids is 2. The van der Waals surface area contributed by atoms with E-state index in [-0.39, 0.29) is 24.0 Å². The third kappa shape index (κ3) is 4.91. The summed E-state index contributed by atoms with van der Waals surface area (Å²) >= 11 is 0. The Bertz CT molecular complexity index is 652. The molecule has 2 N–H and O–H groups in total. The third-order valence-electron chi connectivity index (χ3n) is 5.59. The Morgan fingerprint density at radius 1 is 1.11 bits per heavy atom. The maximum Gasteiger partial charge on any atom is 0.321 e. The van der Waals surface area contributed by atoms with Crippen LogP contribution in [0.1, 0.15) is 32.6 Å². The van der Waals surface area contributed by atoms with Crippen LogP contribution in [0.15, 0.2) is 24.3 Å². The van der Waals surface area contributed by atoms with E-state index in [1.165, 1.54) is 0 Å². The monoisotopic (exact) mass is 374 g/mol. The average molecular weight is 374 g/mol. The van der Waals surface area contributed by atoms with Gasteiger partial charge in [-0.05, 0) is 31.9 Å². The number of rotatable bonds is 5. The number of nitrogens with zero attached hydrogens (tertiary/aromatic N) is 2. The molecule has 1 unspecified atom stereocenters. The van der Waals surface area contributed by atoms with Gasteiger partial charge in [0.05, 0.1) is 18.8 Å². The normalized spacial score (nSPS) is 19.6. The molecule has 3 rings (SSSR count). The maximum atomic E-state index is 12.4. The van der Waals surface area contributed by atoms with Crippen molar-refractivity contribution in [3.05, 3.63) is 24.3 Å². The number of carbonyl (C=O) groups is 2. The molecule has 0 aromatic heterocycles. The smallest absolute Gasteiger partial charge is 0.321 e. The van der Waals surface area contributed by atoms with Gasteiger partial charge in [-0.25, -0.2) is 4.79 Å². The standard InChI is InChI=1S/C20H30N4O3/c1-15(19(25)22-20(26)21-16-7-3-4-8-16)23-11-13-24(14-12-23)17-9-5-6-10-18(17)27-2/h5-6,9-10,15-16H,3-4,7-8,11-14H2,1-2H3,(H2,21,22,25,26). The Morgan fingerprint density at radius 2 is 1.78 bits per heavy atom. The molecule has 1 heterocycles. The number of anilines is 1. The Kier molecular flexibility index (Phi) is 6.55. The third-order valence-corrected chi connectivity index (χ3v) is 5.59. The maximum absolute atomic E-state index is 12.4. The minimum atomic E-state index is -0.369. The van der Waals surface area contributed by atoms with Crippen molar-refractivity contribution in [2.24, 2.45) is 0 Å². The molecule has 1 atom stereocenters. The molecule has 7 nitrogen and oxygen atoms in total. The second kappa shape index (κ2) is 9.08. The van der Waals surface area contributed by atoms with E-state index in [2.05, 4.69) is 26.5 Å². The lowest BCUT2D eigenvalue weighted by Gasteiger charge is -2.38. The topological polar surface area (TPSA) is 73.9 Å². The average Bonchev–Trinajstić information content (AvgIpc) is 3.20. The van der Waals surface area contributed by atoms with Crippen LogP contribution in [0.4, 0.5) is 10.5 Å². The van der Waals surface area contributed by atoms with E-state index in [0.29, 0.717) is 0 Å². The minimum absolute atomic E-state index is 0.206. The molecule has 0 spiro atoms. The van der Waals surface area contributed by atoms with E-state index < -0.39 is 0 Å². The quantitative estimate of drug-likeness (QED) is 0.824. The van der Waals surface area contributed by atoms with Gasteiger partial charge in [0.25, 0.3) is 0 Å². The van der Waals surface area contributed by atoms with Gasteiger partial charge in [-0.2, -0.15) is 0 Å². The van der Waals surface area contributed by atoms with Gasteiger partial charge in [0.15, 0.2) is 0 Å². The number of nitrogens with one attached hydrogen (secondary N) is 2. The fourth-order valence-corrected chi connectivity index (χ4v) is 3.91. The summed E-state index contributed by atoms with van der Waals surface area (Å²) in [6, 6.07) is 7.48. The van der Waals surface area contributed by atoms with Crippen LogP contribution >= 0.6 is 0 Å². The van der Waals surface area contributed by atoms with Gasteiger partial charge < -0.3 is 15.0 Å². The highest BCUT2D eigenvalue weighted by Gasteiger charge is 2.28. The molecule has 27 heavy (non-hydrogen) atoms. The second-order valence-electron chi connectivity index (χ2n) is 7.31. The van der Waals surface area contributed by atoms with Crippen molar-refractivity contribution in [1.29, 1.82) is 0 Å². The highest BCUT2D eigenvalue weighted by Crippen LogP contribution is 2.28. The van der Waals surface area contributed by atoms with Crippen molar-refractivity contribution < 1.29 is 14.3 Å². The molecule has 1 aliphatic heterocycles. The molecule has 1 saturated carbocycles. The molecule has 3 amide bonds. The van der Waals surface area contributed by atoms with Crippen LogP contribution in [0.5, 0.6) is 5.75 Å². The van der Waals surface area contributed by atoms with Crippen LogP contribution < -0.4 is 20.3 Å². The molecule has 1 aromatic carbocycles. The number of imide groups is 1. The lowest BCUT2D eigenvalue weighted by Crippen LogP contribution is -2.56. The Morgan fingerprint density at radius 3 is 2.44 bits per heavy atom. The zero-order chi connectivity index (χ0) is 19.2. The number of piperazine rings is 1. The summed E-state index contributed by atoms with van der Waals surface area (Å²) in [6.45, 7) is 5.00. The Labute approximate surface area is 161 Å². The van der Waals surface area contributed by atoms with E-state index in [0.717, 1.165) is 63.3 Å². The first kappa shape index (κ1) is 19.5. The first-order valence-corrected chi connectivity index (χ1v) is 9.82. The van der Waals surface area contributed by atoms with Crippen molar-refractivity contribution in [3.63, 3.8) is 0 Å². The number of hydrogen-bond acceptors (Lipinski definition) is 5. The van der Waals surface area contributed by atoms with Gasteiger partial charge in [-0.15, -0.1) is 0 Å². The lowest BCUT2D eigenvalue weighted by molar-refractivity contribution is -0.124. The van der Waals surface area contributed by atoms with Crippen LogP contribution in [0, 0.1) is 0 Å². The molecule has 0 radical (unpaired) electrons. The van der Waals surface area contributed by atoms with Gasteiger partial charge in [-0.1, -0.05) is 25.0 Å². The molecule has 2 aliphatic rings. The predicted molar refractivity (Wildman–Crippen MR) is 105 cm³/mol. The second-order valence-corrected chi connectivity index (χ2v) is 7.31. The zero-order valence-electron chi connectivity index (χ0n) is 16.2. The van der Waals surface area contributed by atoms with E-state index >= 15 is 0 Å². The van der Waals surface area contributed by atoms with E-state index in [9.17, 15) is 9.59 Å². The predicted octanol–water partition coefficient (Wildman–Crippen LogP) is 1.97. The number of ether oxygens (including phenoxy) is 1. The highest BCUT2D eigenvalue weighted by molar-refractivity contribution is 5.96. The molecular weight excluding hydrogens is 344 g/mol. The molecule has 7 heteroatoms. The Balaban J connectivity index is 1.48. The number of benzene rings is 1. The van der Waals surface area contributed by atoms with Crippen LogP contribution in [-0.4, -0.2) is 62.2 Å². The van der Waals surface area contributed by atoms with Crippen LogP contribution in [0.3, 0.4) is 0 Å². The first-order valence-electron chi connectivity index (χ1n) is 9.82. The van der Waals surface area contributed by atoms with Crippen molar-refractivity contribution in [3.8, 4) is 5.75 Å². The molecule has 1 saturated heterocycles. The molecule has 0 bridgehead atoms. The summed E-state index contributed by atoms with van der Waals surface area (Å²) in [7, 11) is 1.68. The van der Waals surface area contributed by atoms with Crippen LogP contribution in [0.25, 0.3) is 0 Å². The number of para-hydroxylation sites is 2. The fourth-order valence-electron chi connectivity index (χ4n) is 3.91. The van der Waals surface area contributed by atoms with E-state index in [4.69, 9.17) is 4.74 Å². The SMILES string of the molecule is COc1ccccc1N1CCN(C(C)C(=O)NC(=O)NC2CCCC2)CC1. The van der Waals surface area contributed by atoms with E-state index in [1.807, 2.05) is 25.1 Å². The number of urea groups is 1. The molecule has 148 valence electrons. The first-order chi connectivity index (χ1) is 13.1. The van der Waals surface area contributed by atoms with Crippen molar-refractivity contribution in [2.45, 2.75) is 44.7 Å². The summed E-state index contributed by atoms with van der Waals surface area (Å²) in [5, 5.41) is 5.40. The summed E-state index contributed by atoms with van der Waals surface area (Å²) in [5.74, 6) is 0.622. The molecule has 1 aromatic rings. The van der Waals surface area contributed by atoms with Crippen LogP contribution in [0.2, 0.25) is 0 Å². The summed E-state index contributed by atoms with van der Waals surface area (Å²) in [6.07, 6.45) is 4.29. The van der Waals surface area contributed by atoms with Gasteiger partial charge in [0, 0.05) is 32.2 Å². The van der Waals surface area contributed by atoms with Gasteiger partial charge >= 0.3 is 6.03 Å². The lowest BCUT2D eigenvalue weighted by atomic mass is 10.2. The summed E-state index contributed by atoms with van der Waals surface area (Å²) in [5.41, 5.74) is 1.08. The largest absolute Gasteiger partial charge is 0.495 e. The molecule has 1 aliphatic carbocycles. The zero-order valence-corrected chi connectivity index (χ0v) is 16.2. The highest BCUT2D eigenvalue weighted by atomic mass is 16.5.